The van der Waals surface area contributed by atoms with Gasteiger partial charge in [0.25, 0.3) is 5.91 Å². The molecule has 6 heteroatoms. The van der Waals surface area contributed by atoms with Gasteiger partial charge in [-0.05, 0) is 13.8 Å². The minimum absolute atomic E-state index is 0.0901. The monoisotopic (exact) mass is 209 g/mol. The summed E-state index contributed by atoms with van der Waals surface area (Å²) in [6.07, 6.45) is 0. The molecule has 82 valence electrons. The van der Waals surface area contributed by atoms with E-state index in [1.54, 1.807) is 11.8 Å². The first kappa shape index (κ1) is 10.1. The second kappa shape index (κ2) is 3.98. The number of aromatic nitrogens is 3. The van der Waals surface area contributed by atoms with E-state index in [1.807, 2.05) is 0 Å². The molecule has 0 radical (unpaired) electrons. The Kier molecular flexibility index (Phi) is 2.68. The van der Waals surface area contributed by atoms with E-state index < -0.39 is 0 Å². The van der Waals surface area contributed by atoms with Crippen LogP contribution in [0, 0.1) is 6.92 Å². The highest BCUT2D eigenvalue weighted by molar-refractivity contribution is 5.90. The topological polar surface area (TPSA) is 73.9 Å². The van der Waals surface area contributed by atoms with E-state index in [2.05, 4.69) is 27.4 Å². The van der Waals surface area contributed by atoms with Crippen LogP contribution in [0.2, 0.25) is 0 Å². The van der Waals surface area contributed by atoms with Crippen molar-refractivity contribution in [3.63, 3.8) is 0 Å². The van der Waals surface area contributed by atoms with E-state index in [4.69, 9.17) is 0 Å². The molecular weight excluding hydrogens is 194 g/mol. The first-order valence-electron chi connectivity index (χ1n) is 5.08. The number of hydrogen-bond donors (Lipinski definition) is 2. The molecule has 1 aliphatic rings. The number of aryl methyl sites for hydroxylation is 1. The lowest BCUT2D eigenvalue weighted by molar-refractivity contribution is 0.0697. The lowest BCUT2D eigenvalue weighted by atomic mass is 10.2. The van der Waals surface area contributed by atoms with Crippen LogP contribution >= 0.6 is 0 Å². The van der Waals surface area contributed by atoms with Gasteiger partial charge < -0.3 is 10.2 Å². The third-order valence-electron chi connectivity index (χ3n) is 2.44. The van der Waals surface area contributed by atoms with Crippen LogP contribution in [0.15, 0.2) is 0 Å². The van der Waals surface area contributed by atoms with Gasteiger partial charge in [0.1, 0.15) is 5.82 Å². The van der Waals surface area contributed by atoms with Gasteiger partial charge >= 0.3 is 0 Å². The van der Waals surface area contributed by atoms with Crippen molar-refractivity contribution in [3.8, 4) is 0 Å². The molecular formula is C9H15N5O. The summed E-state index contributed by atoms with van der Waals surface area (Å²) in [5.74, 6) is 0.843. The van der Waals surface area contributed by atoms with E-state index in [-0.39, 0.29) is 11.7 Å². The molecule has 1 aromatic heterocycles. The Labute approximate surface area is 88.1 Å². The van der Waals surface area contributed by atoms with E-state index >= 15 is 0 Å². The molecule has 2 rings (SSSR count). The third kappa shape index (κ3) is 2.15. The number of carbonyl (C=O) groups is 1. The molecule has 0 bridgehead atoms. The summed E-state index contributed by atoms with van der Waals surface area (Å²) in [5, 5.41) is 9.82. The molecule has 2 N–H and O–H groups in total. The Bertz CT molecular complexity index is 361. The highest BCUT2D eigenvalue weighted by atomic mass is 16.2. The smallest absolute Gasteiger partial charge is 0.293 e. The lowest BCUT2D eigenvalue weighted by Gasteiger charge is -2.30. The molecule has 1 atom stereocenters. The van der Waals surface area contributed by atoms with Crippen LogP contribution in [0.3, 0.4) is 0 Å². The molecule has 1 aromatic rings. The minimum Gasteiger partial charge on any atom is -0.333 e. The maximum Gasteiger partial charge on any atom is 0.293 e. The van der Waals surface area contributed by atoms with Gasteiger partial charge in [0, 0.05) is 25.7 Å². The molecule has 1 amide bonds. The zero-order valence-corrected chi connectivity index (χ0v) is 8.95. The second-order valence-corrected chi connectivity index (χ2v) is 3.85. The number of piperazine rings is 1. The number of amides is 1. The predicted molar refractivity (Wildman–Crippen MR) is 54.5 cm³/mol. The molecule has 1 aliphatic heterocycles. The summed E-state index contributed by atoms with van der Waals surface area (Å²) in [4.78, 5) is 17.7. The molecule has 1 fully saturated rings. The van der Waals surface area contributed by atoms with Crippen LogP contribution in [0.25, 0.3) is 0 Å². The van der Waals surface area contributed by atoms with Gasteiger partial charge in [-0.2, -0.15) is 0 Å². The van der Waals surface area contributed by atoms with E-state index in [9.17, 15) is 4.79 Å². The van der Waals surface area contributed by atoms with Gasteiger partial charge in [-0.3, -0.25) is 9.89 Å². The molecule has 15 heavy (non-hydrogen) atoms. The van der Waals surface area contributed by atoms with Crippen LogP contribution in [0.4, 0.5) is 0 Å². The quantitative estimate of drug-likeness (QED) is 0.657. The second-order valence-electron chi connectivity index (χ2n) is 3.85. The summed E-state index contributed by atoms with van der Waals surface area (Å²) in [5.41, 5.74) is 0. The molecule has 1 saturated heterocycles. The van der Waals surface area contributed by atoms with Crippen LogP contribution in [0.1, 0.15) is 23.4 Å². The first-order valence-corrected chi connectivity index (χ1v) is 5.08. The lowest BCUT2D eigenvalue weighted by Crippen LogP contribution is -2.51. The number of nitrogens with zero attached hydrogens (tertiary/aromatic N) is 3. The third-order valence-corrected chi connectivity index (χ3v) is 2.44. The molecule has 0 spiro atoms. The summed E-state index contributed by atoms with van der Waals surface area (Å²) < 4.78 is 0. The Balaban J connectivity index is 2.07. The van der Waals surface area contributed by atoms with Crippen molar-refractivity contribution >= 4 is 5.91 Å². The predicted octanol–water partition coefficient (Wildman–Crippen LogP) is -0.453. The molecule has 0 saturated carbocycles. The molecule has 0 aliphatic carbocycles. The van der Waals surface area contributed by atoms with Crippen LogP contribution < -0.4 is 5.32 Å². The summed E-state index contributed by atoms with van der Waals surface area (Å²) >= 11 is 0. The van der Waals surface area contributed by atoms with Crippen molar-refractivity contribution in [1.82, 2.24) is 25.4 Å². The number of rotatable bonds is 1. The molecule has 0 aromatic carbocycles. The Morgan fingerprint density at radius 2 is 2.40 bits per heavy atom. The summed E-state index contributed by atoms with van der Waals surface area (Å²) in [6, 6.07) is 0.336. The summed E-state index contributed by atoms with van der Waals surface area (Å²) in [7, 11) is 0. The average molecular weight is 209 g/mol. The van der Waals surface area contributed by atoms with E-state index in [1.165, 1.54) is 0 Å². The summed E-state index contributed by atoms with van der Waals surface area (Å²) in [6.45, 7) is 6.10. The van der Waals surface area contributed by atoms with Gasteiger partial charge in [0.2, 0.25) is 5.82 Å². The number of hydrogen-bond acceptors (Lipinski definition) is 4. The highest BCUT2D eigenvalue weighted by Gasteiger charge is 2.23. The maximum atomic E-state index is 11.9. The van der Waals surface area contributed by atoms with Crippen molar-refractivity contribution < 1.29 is 4.79 Å². The van der Waals surface area contributed by atoms with Gasteiger partial charge in [-0.1, -0.05) is 0 Å². The molecule has 2 heterocycles. The minimum atomic E-state index is -0.0901. The SMILES string of the molecule is Cc1nc(C(=O)N2CCN[C@@H](C)C2)n[nH]1. The fraction of sp³-hybridized carbons (Fsp3) is 0.667. The zero-order chi connectivity index (χ0) is 10.8. The van der Waals surface area contributed by atoms with Crippen molar-refractivity contribution in [3.05, 3.63) is 11.6 Å². The van der Waals surface area contributed by atoms with Gasteiger partial charge in [0.05, 0.1) is 0 Å². The Morgan fingerprint density at radius 1 is 1.60 bits per heavy atom. The largest absolute Gasteiger partial charge is 0.333 e. The normalized spacial score (nSPS) is 21.7. The van der Waals surface area contributed by atoms with Gasteiger partial charge in [-0.25, -0.2) is 4.98 Å². The maximum absolute atomic E-state index is 11.9. The number of carbonyl (C=O) groups excluding carboxylic acids is 1. The van der Waals surface area contributed by atoms with Crippen molar-refractivity contribution in [2.24, 2.45) is 0 Å². The van der Waals surface area contributed by atoms with Gasteiger partial charge in [-0.15, -0.1) is 5.10 Å². The Morgan fingerprint density at radius 3 is 3.00 bits per heavy atom. The highest BCUT2D eigenvalue weighted by Crippen LogP contribution is 2.03. The fourth-order valence-corrected chi connectivity index (χ4v) is 1.70. The number of nitrogens with one attached hydrogen (secondary N) is 2. The van der Waals surface area contributed by atoms with E-state index in [0.717, 1.165) is 13.1 Å². The average Bonchev–Trinajstić information content (AvgIpc) is 2.64. The van der Waals surface area contributed by atoms with E-state index in [0.29, 0.717) is 18.4 Å². The van der Waals surface area contributed by atoms with Crippen LogP contribution in [-0.2, 0) is 0 Å². The first-order chi connectivity index (χ1) is 7.16. The molecule has 0 unspecified atom stereocenters. The number of H-pyrrole nitrogens is 1. The number of aromatic amines is 1. The standard InChI is InChI=1S/C9H15N5O/c1-6-5-14(4-3-10-6)9(15)8-11-7(2)12-13-8/h6,10H,3-5H2,1-2H3,(H,11,12,13)/t6-/m0/s1. The molecule has 6 nitrogen and oxygen atoms in total. The van der Waals surface area contributed by atoms with Crippen molar-refractivity contribution in [1.29, 1.82) is 0 Å². The van der Waals surface area contributed by atoms with Crippen LogP contribution in [0.5, 0.6) is 0 Å². The van der Waals surface area contributed by atoms with Crippen LogP contribution in [-0.4, -0.2) is 51.7 Å². The van der Waals surface area contributed by atoms with Gasteiger partial charge in [0.15, 0.2) is 0 Å². The van der Waals surface area contributed by atoms with Crippen molar-refractivity contribution in [2.75, 3.05) is 19.6 Å². The van der Waals surface area contributed by atoms with Crippen molar-refractivity contribution in [2.45, 2.75) is 19.9 Å². The fourth-order valence-electron chi connectivity index (χ4n) is 1.70. The zero-order valence-electron chi connectivity index (χ0n) is 8.95. The Hall–Kier alpha value is -1.43.